The minimum Gasteiger partial charge on any atom is -0.489 e. The highest BCUT2D eigenvalue weighted by atomic mass is 35.5. The van der Waals surface area contributed by atoms with Gasteiger partial charge in [-0.3, -0.25) is 4.79 Å². The van der Waals surface area contributed by atoms with Gasteiger partial charge in [0.2, 0.25) is 0 Å². The van der Waals surface area contributed by atoms with E-state index in [2.05, 4.69) is 0 Å². The Labute approximate surface area is 190 Å². The van der Waals surface area contributed by atoms with Crippen molar-refractivity contribution in [3.8, 4) is 17.0 Å². The van der Waals surface area contributed by atoms with E-state index in [1.54, 1.807) is 6.07 Å². The van der Waals surface area contributed by atoms with E-state index in [1.165, 1.54) is 23.6 Å². The summed E-state index contributed by atoms with van der Waals surface area (Å²) in [5.41, 5.74) is 0.0729. The lowest BCUT2D eigenvalue weighted by molar-refractivity contribution is 0.0694. The van der Waals surface area contributed by atoms with E-state index in [1.807, 2.05) is 0 Å². The fraction of sp³-hybridized carbons (Fsp3) is 0.478. The molecule has 32 heavy (non-hydrogen) atoms. The molecular formula is C23H24ClNO6S. The van der Waals surface area contributed by atoms with Crippen molar-refractivity contribution in [1.82, 2.24) is 4.57 Å². The maximum absolute atomic E-state index is 13.5. The Hall–Kier alpha value is -2.32. The third-order valence-corrected chi connectivity index (χ3v) is 9.18. The number of halogens is 1. The number of benzene rings is 1. The summed E-state index contributed by atoms with van der Waals surface area (Å²) in [5, 5.41) is 8.82. The minimum atomic E-state index is -3.84. The lowest BCUT2D eigenvalue weighted by atomic mass is 9.97. The number of hydrogen-bond acceptors (Lipinski definition) is 5. The summed E-state index contributed by atoms with van der Waals surface area (Å²) in [4.78, 5) is 24.8. The Morgan fingerprint density at radius 3 is 2.44 bits per heavy atom. The topological polar surface area (TPSA) is 103 Å². The molecule has 0 amide bonds. The van der Waals surface area contributed by atoms with Crippen LogP contribution in [0.25, 0.3) is 11.3 Å². The lowest BCUT2D eigenvalue weighted by Gasteiger charge is -2.30. The van der Waals surface area contributed by atoms with Crippen molar-refractivity contribution in [2.24, 2.45) is 0 Å². The standard InChI is InChI=1S/C23H24ClNO6S/c1-12-15-9-17(23(27)28)22(26)25(13-7-8-13)21(15)16-10-18(24)19(11-20(16)32(12,29)30)31-14-5-3-2-4-6-14/h9-14H,2-8H2,1H3,(H,27,28). The van der Waals surface area contributed by atoms with Crippen molar-refractivity contribution in [3.05, 3.63) is 44.7 Å². The number of aromatic nitrogens is 1. The van der Waals surface area contributed by atoms with Crippen LogP contribution in [-0.2, 0) is 9.84 Å². The number of sulfone groups is 1. The predicted octanol–water partition coefficient (Wildman–Crippen LogP) is 4.76. The zero-order chi connectivity index (χ0) is 22.8. The molecule has 0 bridgehead atoms. The van der Waals surface area contributed by atoms with Gasteiger partial charge >= 0.3 is 5.97 Å². The summed E-state index contributed by atoms with van der Waals surface area (Å²) in [5.74, 6) is -1.03. The van der Waals surface area contributed by atoms with Crippen molar-refractivity contribution in [1.29, 1.82) is 0 Å². The van der Waals surface area contributed by atoms with Gasteiger partial charge in [0.25, 0.3) is 5.56 Å². The van der Waals surface area contributed by atoms with E-state index in [-0.39, 0.29) is 22.1 Å². The summed E-state index contributed by atoms with van der Waals surface area (Å²) in [6.07, 6.45) is 6.57. The zero-order valence-corrected chi connectivity index (χ0v) is 19.2. The molecule has 3 aliphatic rings. The highest BCUT2D eigenvalue weighted by molar-refractivity contribution is 7.92. The molecule has 7 nitrogen and oxygen atoms in total. The Morgan fingerprint density at radius 1 is 1.12 bits per heavy atom. The third kappa shape index (κ3) is 3.35. The number of carboxylic acid groups (broad SMARTS) is 1. The Kier molecular flexibility index (Phi) is 5.13. The first kappa shape index (κ1) is 21.5. The zero-order valence-electron chi connectivity index (χ0n) is 17.6. The van der Waals surface area contributed by atoms with E-state index < -0.39 is 32.2 Å². The van der Waals surface area contributed by atoms with Crippen molar-refractivity contribution in [2.75, 3.05) is 0 Å². The van der Waals surface area contributed by atoms with E-state index in [4.69, 9.17) is 16.3 Å². The molecule has 1 aromatic heterocycles. The van der Waals surface area contributed by atoms with Crippen LogP contribution in [0.5, 0.6) is 5.75 Å². The van der Waals surface area contributed by atoms with E-state index >= 15 is 0 Å². The van der Waals surface area contributed by atoms with Crippen LogP contribution in [0.2, 0.25) is 5.02 Å². The lowest BCUT2D eigenvalue weighted by Crippen LogP contribution is -2.32. The molecule has 5 rings (SSSR count). The second kappa shape index (κ2) is 7.63. The smallest absolute Gasteiger partial charge is 0.341 e. The van der Waals surface area contributed by atoms with Crippen LogP contribution in [0, 0.1) is 0 Å². The first-order valence-corrected chi connectivity index (χ1v) is 12.9. The molecule has 1 aromatic carbocycles. The van der Waals surface area contributed by atoms with Gasteiger partial charge in [0.05, 0.1) is 27.0 Å². The fourth-order valence-corrected chi connectivity index (χ4v) is 6.69. The molecule has 170 valence electrons. The quantitative estimate of drug-likeness (QED) is 0.680. The molecule has 2 aliphatic carbocycles. The van der Waals surface area contributed by atoms with Crippen LogP contribution in [0.4, 0.5) is 0 Å². The number of nitrogens with zero attached hydrogens (tertiary/aromatic N) is 1. The molecule has 1 atom stereocenters. The summed E-state index contributed by atoms with van der Waals surface area (Å²) in [6.45, 7) is 1.53. The van der Waals surface area contributed by atoms with Crippen molar-refractivity contribution >= 4 is 27.4 Å². The second-order valence-corrected chi connectivity index (χ2v) is 11.6. The van der Waals surface area contributed by atoms with Gasteiger partial charge in [-0.15, -0.1) is 0 Å². The number of aromatic carboxylic acids is 1. The molecule has 2 fully saturated rings. The average molecular weight is 478 g/mol. The maximum atomic E-state index is 13.5. The molecule has 2 saturated carbocycles. The van der Waals surface area contributed by atoms with Crippen molar-refractivity contribution in [2.45, 2.75) is 74.2 Å². The molecule has 0 radical (unpaired) electrons. The third-order valence-electron chi connectivity index (χ3n) is 6.75. The SMILES string of the molecule is CC1c2cc(C(=O)O)c(=O)n(C3CC3)c2-c2cc(Cl)c(OC3CCCCC3)cc2S1(=O)=O. The molecule has 0 saturated heterocycles. The van der Waals surface area contributed by atoms with Crippen LogP contribution in [-0.4, -0.2) is 30.2 Å². The van der Waals surface area contributed by atoms with Crippen molar-refractivity contribution in [3.63, 3.8) is 0 Å². The van der Waals surface area contributed by atoms with E-state index in [0.717, 1.165) is 44.9 Å². The molecule has 9 heteroatoms. The van der Waals surface area contributed by atoms with Gasteiger partial charge in [0, 0.05) is 17.7 Å². The van der Waals surface area contributed by atoms with Gasteiger partial charge in [0.1, 0.15) is 11.3 Å². The number of carbonyl (C=O) groups is 1. The molecule has 1 aliphatic heterocycles. The van der Waals surface area contributed by atoms with Gasteiger partial charge < -0.3 is 14.4 Å². The van der Waals surface area contributed by atoms with Crippen LogP contribution in [0.3, 0.4) is 0 Å². The summed E-state index contributed by atoms with van der Waals surface area (Å²) in [6, 6.07) is 4.10. The highest BCUT2D eigenvalue weighted by Gasteiger charge is 2.41. The number of ether oxygens (including phenoxy) is 1. The molecule has 2 aromatic rings. The monoisotopic (exact) mass is 477 g/mol. The summed E-state index contributed by atoms with van der Waals surface area (Å²) < 4.78 is 34.5. The normalized spacial score (nSPS) is 22.1. The van der Waals surface area contributed by atoms with Crippen LogP contribution >= 0.6 is 11.6 Å². The van der Waals surface area contributed by atoms with E-state index in [9.17, 15) is 23.1 Å². The van der Waals surface area contributed by atoms with E-state index in [0.29, 0.717) is 22.6 Å². The Bertz CT molecular complexity index is 1290. The number of rotatable bonds is 4. The van der Waals surface area contributed by atoms with Gasteiger partial charge in [-0.2, -0.15) is 0 Å². The largest absolute Gasteiger partial charge is 0.489 e. The number of hydrogen-bond donors (Lipinski definition) is 1. The summed E-state index contributed by atoms with van der Waals surface area (Å²) in [7, 11) is -3.84. The first-order chi connectivity index (χ1) is 15.2. The first-order valence-electron chi connectivity index (χ1n) is 11.0. The van der Waals surface area contributed by atoms with Crippen LogP contribution < -0.4 is 10.3 Å². The molecule has 2 heterocycles. The van der Waals surface area contributed by atoms with Gasteiger partial charge in [-0.25, -0.2) is 13.2 Å². The van der Waals surface area contributed by atoms with Gasteiger partial charge in [-0.1, -0.05) is 18.0 Å². The minimum absolute atomic E-state index is 0.00178. The number of fused-ring (bicyclic) bond motifs is 3. The number of carboxylic acids is 1. The number of pyridine rings is 1. The van der Waals surface area contributed by atoms with Gasteiger partial charge in [0.15, 0.2) is 9.84 Å². The van der Waals surface area contributed by atoms with Crippen LogP contribution in [0.1, 0.15) is 79.1 Å². The fourth-order valence-electron chi connectivity index (χ4n) is 4.85. The molecular weight excluding hydrogens is 454 g/mol. The van der Waals surface area contributed by atoms with Crippen molar-refractivity contribution < 1.29 is 23.1 Å². The Balaban J connectivity index is 1.74. The molecule has 1 N–H and O–H groups in total. The maximum Gasteiger partial charge on any atom is 0.341 e. The molecule has 1 unspecified atom stereocenters. The van der Waals surface area contributed by atoms with Gasteiger partial charge in [-0.05, 0) is 63.1 Å². The Morgan fingerprint density at radius 2 is 1.81 bits per heavy atom. The second-order valence-electron chi connectivity index (χ2n) is 8.92. The predicted molar refractivity (Wildman–Crippen MR) is 119 cm³/mol. The average Bonchev–Trinajstić information content (AvgIpc) is 3.58. The van der Waals surface area contributed by atoms with Crippen LogP contribution in [0.15, 0.2) is 27.9 Å². The highest BCUT2D eigenvalue weighted by Crippen LogP contribution is 2.50. The molecule has 0 spiro atoms. The summed E-state index contributed by atoms with van der Waals surface area (Å²) >= 11 is 6.54.